The van der Waals surface area contributed by atoms with E-state index in [0.29, 0.717) is 52.9 Å². The second kappa shape index (κ2) is 58.9. The Morgan fingerprint density at radius 1 is 0.229 bits per heavy atom. The van der Waals surface area contributed by atoms with Crippen LogP contribution < -0.4 is 0 Å². The van der Waals surface area contributed by atoms with E-state index in [-0.39, 0.29) is 51.0 Å². The van der Waals surface area contributed by atoms with Crippen LogP contribution in [0.4, 0.5) is 0 Å². The molecule has 0 saturated carbocycles. The number of rotatable bonds is 62. The molecule has 1 unspecified atom stereocenters. The van der Waals surface area contributed by atoms with Crippen LogP contribution in [0, 0.1) is 11.3 Å². The van der Waals surface area contributed by atoms with Gasteiger partial charge in [0.05, 0.1) is 59.5 Å². The number of aliphatic hydroxyl groups is 12. The monoisotopic (exact) mass is 1980 g/mol. The molecule has 718 valence electrons. The van der Waals surface area contributed by atoms with Gasteiger partial charge in [-0.15, -0.1) is 0 Å². The van der Waals surface area contributed by atoms with E-state index in [2.05, 4.69) is 256 Å². The fourth-order valence-electron chi connectivity index (χ4n) is 13.4. The van der Waals surface area contributed by atoms with Crippen LogP contribution in [-0.4, -0.2) is 326 Å². The number of hydrogen-bond donors (Lipinski definition) is 12. The molecule has 118 heavy (non-hydrogen) atoms. The van der Waals surface area contributed by atoms with Crippen LogP contribution in [0.15, 0.2) is 0 Å². The van der Waals surface area contributed by atoms with Gasteiger partial charge in [-0.3, -0.25) is 0 Å². The first kappa shape index (κ1) is 129. The highest BCUT2D eigenvalue weighted by molar-refractivity contribution is 6.92. The fourth-order valence-corrected chi connectivity index (χ4v) is 84.1. The first-order valence-electron chi connectivity index (χ1n) is 42.3. The Balaban J connectivity index is -0.000000455. The van der Waals surface area contributed by atoms with Crippen LogP contribution in [0.3, 0.4) is 0 Å². The molecule has 0 aromatic rings. The van der Waals surface area contributed by atoms with Gasteiger partial charge in [0.25, 0.3) is 0 Å². The Labute approximate surface area is 735 Å². The summed E-state index contributed by atoms with van der Waals surface area (Å²) in [5.41, 5.74) is -0.130. The van der Waals surface area contributed by atoms with Crippen molar-refractivity contribution in [2.45, 2.75) is 363 Å². The third kappa shape index (κ3) is 93.0. The van der Waals surface area contributed by atoms with Crippen molar-refractivity contribution < 1.29 is 140 Å². The molecule has 12 N–H and O–H groups in total. The summed E-state index contributed by atoms with van der Waals surface area (Å²) in [6.45, 7) is 88.2. The van der Waals surface area contributed by atoms with Crippen LogP contribution in [0.5, 0.6) is 0 Å². The minimum Gasteiger partial charge on any atom is -0.437 e. The van der Waals surface area contributed by atoms with Gasteiger partial charge in [0, 0.05) is 33.0 Å². The molecule has 0 spiro atoms. The van der Waals surface area contributed by atoms with Gasteiger partial charge in [-0.1, -0.05) is 20.8 Å². The Kier molecular flexibility index (Phi) is 64.3. The van der Waals surface area contributed by atoms with Crippen molar-refractivity contribution in [1.82, 2.24) is 0 Å². The molecule has 0 aromatic carbocycles. The molecule has 0 aromatic heterocycles. The lowest BCUT2D eigenvalue weighted by atomic mass is 9.98. The molecule has 0 amide bonds. The lowest BCUT2D eigenvalue weighted by Crippen LogP contribution is -2.56. The molecule has 0 aliphatic carbocycles. The molecule has 0 fully saturated rings. The molecule has 0 rings (SSSR count). The Morgan fingerprint density at radius 3 is 0.771 bits per heavy atom. The maximum atomic E-state index is 8.89. The maximum absolute atomic E-state index is 8.89. The zero-order valence-electron chi connectivity index (χ0n) is 81.9. The predicted molar refractivity (Wildman–Crippen MR) is 515 cm³/mol. The second-order valence-electron chi connectivity index (χ2n) is 42.1. The average Bonchev–Trinajstić information content (AvgIpc) is 0.830. The third-order valence-corrected chi connectivity index (χ3v) is 68.7. The number of ether oxygens (including phenoxy) is 7. The number of unbranched alkanes of at least 4 members (excludes halogenated alkanes) is 1. The zero-order chi connectivity index (χ0) is 93.9. The van der Waals surface area contributed by atoms with Crippen molar-refractivity contribution in [2.24, 2.45) is 11.3 Å². The molecule has 0 bridgehead atoms. The van der Waals surface area contributed by atoms with Gasteiger partial charge in [-0.05, 0) is 315 Å². The zero-order valence-corrected chi connectivity index (χ0v) is 97.9. The average molecular weight is 1980 g/mol. The first-order valence-corrected chi connectivity index (χ1v) is 91.5. The van der Waals surface area contributed by atoms with Crippen molar-refractivity contribution in [3.63, 3.8) is 0 Å². The standard InChI is InChI=1S/C18H46O9Si4.C14H36O6Si3.C14H36O5Si3.2C13H34O5Si3/c1-28(2,13-9-11-23-15-17(19)20)25-30(5,6)27-31(7,8)26-29(3,4)14-10-12-24-16-18(21)22;1-21(2,3)19-23(7,20-22(4,5)6)12-8-9-17-10-11-18-13-14(15)16;1-14(2,11-17-10-13(15)16)12-22(9,18-20(3,4)5)19-21(6,7)8;1-12(9-16-10-13(14)15)11-21(8,17-19(2,3)4)18-20(5,6)7;1-19(2,3)17-21(7,18-20(4,5)6)11-9-8-10-16-12-13(14)15/h17-22H,9-16H2,1-8H3;14-16H,8-13H2,1-7H3;13,15-16H,10-12H2,1-9H3;12-15H,9-11H2,1-8H3;13-15H,8-12H2,1-7H3. The van der Waals surface area contributed by atoms with Gasteiger partial charge in [0.15, 0.2) is 121 Å². The van der Waals surface area contributed by atoms with E-state index in [1.54, 1.807) is 0 Å². The molecule has 0 radical (unpaired) electrons. The summed E-state index contributed by atoms with van der Waals surface area (Å²) in [6.07, 6.45) is -4.09. The first-order chi connectivity index (χ1) is 52.4. The van der Waals surface area contributed by atoms with Crippen LogP contribution in [0.1, 0.15) is 52.9 Å². The number of hydrogen-bond acceptors (Lipinski definition) is 30. The third-order valence-electron chi connectivity index (χ3n) is 14.3. The quantitative estimate of drug-likeness (QED) is 0.0153. The van der Waals surface area contributed by atoms with Crippen molar-refractivity contribution in [1.29, 1.82) is 0 Å². The van der Waals surface area contributed by atoms with Crippen molar-refractivity contribution in [3.8, 4) is 0 Å². The van der Waals surface area contributed by atoms with E-state index in [9.17, 15) is 0 Å². The summed E-state index contributed by atoms with van der Waals surface area (Å²) in [5.74, 6) is 0.271. The molecular weight excluding hydrogens is 1790 g/mol. The summed E-state index contributed by atoms with van der Waals surface area (Å²) in [6, 6.07) is 5.39. The van der Waals surface area contributed by atoms with Gasteiger partial charge in [0.1, 0.15) is 0 Å². The Hall–Kier alpha value is 2.27. The van der Waals surface area contributed by atoms with Crippen LogP contribution in [0.2, 0.25) is 272 Å². The van der Waals surface area contributed by atoms with Gasteiger partial charge in [0.2, 0.25) is 0 Å². The van der Waals surface area contributed by atoms with E-state index in [1.807, 2.05) is 0 Å². The SMILES string of the molecule is CC(C)(COCC(O)O)C[Si](C)(O[Si](C)(C)C)O[Si](C)(C)C.CC(COCC(O)O)C[Si](C)(O[Si](C)(C)C)O[Si](C)(C)C.C[Si](C)(C)O[Si](C)(CCCCOCC(O)O)O[Si](C)(C)C.C[Si](C)(C)O[Si](C)(CCCOCCOCC(O)O)O[Si](C)(C)C.C[Si](C)(CCCOCC(O)O)O[Si](C)(C)O[Si](C)(C)O[Si](C)(C)CCCOCC(O)O. The van der Waals surface area contributed by atoms with Gasteiger partial charge in [-0.25, -0.2) is 0 Å². The lowest BCUT2D eigenvalue weighted by molar-refractivity contribution is -0.104. The normalized spacial score (nSPS) is 14.4. The van der Waals surface area contributed by atoms with E-state index in [1.165, 1.54) is 0 Å². The lowest BCUT2D eigenvalue weighted by Gasteiger charge is -2.42. The minimum atomic E-state index is -2.40. The van der Waals surface area contributed by atoms with Crippen LogP contribution in [-0.2, 0) is 78.4 Å². The van der Waals surface area contributed by atoms with Crippen molar-refractivity contribution in [3.05, 3.63) is 0 Å². The molecule has 0 aliphatic heterocycles. The molecule has 0 aliphatic rings. The largest absolute Gasteiger partial charge is 0.437 e. The summed E-state index contributed by atoms with van der Waals surface area (Å²) in [4.78, 5) is 0. The Bertz CT molecular complexity index is 2380. The topological polar surface area (TPSA) is 409 Å². The summed E-state index contributed by atoms with van der Waals surface area (Å²) in [5, 5.41) is 105. The predicted octanol–water partition coefficient (Wildman–Crippen LogP) is 13.5. The molecule has 0 heterocycles. The number of aliphatic hydroxyl groups excluding tert-OH is 6. The van der Waals surface area contributed by atoms with Crippen LogP contribution in [0.25, 0.3) is 0 Å². The van der Waals surface area contributed by atoms with E-state index in [4.69, 9.17) is 140 Å². The maximum Gasteiger partial charge on any atom is 0.315 e. The highest BCUT2D eigenvalue weighted by Gasteiger charge is 2.48. The van der Waals surface area contributed by atoms with Gasteiger partial charge >= 0.3 is 51.4 Å². The van der Waals surface area contributed by atoms with E-state index >= 15 is 0 Å². The Morgan fingerprint density at radius 2 is 0.466 bits per heavy atom. The van der Waals surface area contributed by atoms with Gasteiger partial charge in [-0.2, -0.15) is 0 Å². The highest BCUT2D eigenvalue weighted by Crippen LogP contribution is 2.36. The summed E-state index contributed by atoms with van der Waals surface area (Å²) < 4.78 is 108. The summed E-state index contributed by atoms with van der Waals surface area (Å²) in [7, 11) is -30.8. The molecule has 30 nitrogen and oxygen atoms in total. The van der Waals surface area contributed by atoms with Crippen molar-refractivity contribution in [2.75, 3.05) is 92.5 Å². The molecular formula is C72H186O30Si16. The van der Waals surface area contributed by atoms with Crippen LogP contribution >= 0.6 is 0 Å². The van der Waals surface area contributed by atoms with Gasteiger partial charge < -0.3 is 140 Å². The highest BCUT2D eigenvalue weighted by atomic mass is 28.5. The molecule has 0 saturated heterocycles. The summed E-state index contributed by atoms with van der Waals surface area (Å²) >= 11 is 0. The fraction of sp³-hybridized carbons (Fsp3) is 1.00. The molecule has 46 heteroatoms. The van der Waals surface area contributed by atoms with E-state index in [0.717, 1.165) is 68.4 Å². The minimum absolute atomic E-state index is 0.0223. The molecule has 1 atom stereocenters. The van der Waals surface area contributed by atoms with Crippen molar-refractivity contribution >= 4 is 135 Å². The second-order valence-corrected chi connectivity index (χ2v) is 109. The van der Waals surface area contributed by atoms with E-state index < -0.39 is 172 Å². The smallest absolute Gasteiger partial charge is 0.315 e.